The molecule has 1 unspecified atom stereocenters. The zero-order valence-corrected chi connectivity index (χ0v) is 13.0. The Bertz CT molecular complexity index is 656. The van der Waals surface area contributed by atoms with E-state index >= 15 is 0 Å². The third-order valence-electron chi connectivity index (χ3n) is 3.66. The molecular formula is C19H20N2O. The van der Waals surface area contributed by atoms with E-state index in [1.54, 1.807) is 4.90 Å². The van der Waals surface area contributed by atoms with Gasteiger partial charge in [0.1, 0.15) is 5.92 Å². The van der Waals surface area contributed by atoms with E-state index in [2.05, 4.69) is 6.07 Å². The van der Waals surface area contributed by atoms with E-state index < -0.39 is 5.92 Å². The van der Waals surface area contributed by atoms with Gasteiger partial charge in [0.05, 0.1) is 6.07 Å². The van der Waals surface area contributed by atoms with Crippen LogP contribution in [0.1, 0.15) is 18.1 Å². The van der Waals surface area contributed by atoms with Crippen molar-refractivity contribution in [2.45, 2.75) is 20.3 Å². The number of nitrogens with zero attached hydrogens (tertiary/aromatic N) is 2. The molecule has 0 aliphatic carbocycles. The summed E-state index contributed by atoms with van der Waals surface area (Å²) in [4.78, 5) is 14.3. The average Bonchev–Trinajstić information content (AvgIpc) is 2.56. The number of rotatable bonds is 5. The Labute approximate surface area is 131 Å². The molecule has 2 aromatic rings. The van der Waals surface area contributed by atoms with Gasteiger partial charge in [0.2, 0.25) is 5.91 Å². The van der Waals surface area contributed by atoms with Crippen molar-refractivity contribution in [2.75, 3.05) is 11.4 Å². The van der Waals surface area contributed by atoms with Gasteiger partial charge in [0, 0.05) is 12.2 Å². The van der Waals surface area contributed by atoms with Crippen molar-refractivity contribution in [3.8, 4) is 6.07 Å². The van der Waals surface area contributed by atoms with Gasteiger partial charge >= 0.3 is 0 Å². The summed E-state index contributed by atoms with van der Waals surface area (Å²) in [5.74, 6) is -0.806. The van der Waals surface area contributed by atoms with E-state index in [9.17, 15) is 10.1 Å². The zero-order chi connectivity index (χ0) is 15.9. The number of hydrogen-bond acceptors (Lipinski definition) is 2. The first kappa shape index (κ1) is 15.8. The molecule has 1 atom stereocenters. The molecule has 0 N–H and O–H groups in total. The molecule has 22 heavy (non-hydrogen) atoms. The molecule has 0 aliphatic rings. The molecule has 0 saturated heterocycles. The number of hydrogen-bond donors (Lipinski definition) is 0. The Hall–Kier alpha value is -2.60. The van der Waals surface area contributed by atoms with Crippen LogP contribution in [0.2, 0.25) is 0 Å². The second-order valence-corrected chi connectivity index (χ2v) is 5.29. The van der Waals surface area contributed by atoms with Crippen LogP contribution in [-0.2, 0) is 11.2 Å². The maximum atomic E-state index is 12.7. The SMILES string of the molecule is CCN(C(=O)C(C#N)Cc1ccc(C)cc1)c1ccccc1. The highest BCUT2D eigenvalue weighted by Crippen LogP contribution is 2.18. The fraction of sp³-hybridized carbons (Fsp3) is 0.263. The first-order valence-electron chi connectivity index (χ1n) is 7.47. The standard InChI is InChI=1S/C19H20N2O/c1-3-21(18-7-5-4-6-8-18)19(22)17(14-20)13-16-11-9-15(2)10-12-16/h4-12,17H,3,13H2,1-2H3. The van der Waals surface area contributed by atoms with E-state index in [1.807, 2.05) is 68.4 Å². The van der Waals surface area contributed by atoms with E-state index in [0.717, 1.165) is 11.3 Å². The van der Waals surface area contributed by atoms with Gasteiger partial charge < -0.3 is 4.90 Å². The molecule has 0 bridgehead atoms. The Morgan fingerprint density at radius 2 is 1.77 bits per heavy atom. The van der Waals surface area contributed by atoms with Crippen molar-refractivity contribution in [3.63, 3.8) is 0 Å². The molecule has 2 aromatic carbocycles. The molecule has 0 aromatic heterocycles. The average molecular weight is 292 g/mol. The van der Waals surface area contributed by atoms with Crippen molar-refractivity contribution in [2.24, 2.45) is 5.92 Å². The first-order chi connectivity index (χ1) is 10.7. The highest BCUT2D eigenvalue weighted by atomic mass is 16.2. The van der Waals surface area contributed by atoms with Crippen molar-refractivity contribution < 1.29 is 4.79 Å². The molecule has 3 nitrogen and oxygen atoms in total. The summed E-state index contributed by atoms with van der Waals surface area (Å²) in [6.07, 6.45) is 0.443. The number of carbonyl (C=O) groups excluding carboxylic acids is 1. The molecule has 112 valence electrons. The number of amides is 1. The van der Waals surface area contributed by atoms with Gasteiger partial charge in [-0.05, 0) is 38.0 Å². The predicted molar refractivity (Wildman–Crippen MR) is 88.5 cm³/mol. The van der Waals surface area contributed by atoms with E-state index in [-0.39, 0.29) is 5.91 Å². The van der Waals surface area contributed by atoms with Gasteiger partial charge in [-0.1, -0.05) is 48.0 Å². The normalized spacial score (nSPS) is 11.5. The van der Waals surface area contributed by atoms with Gasteiger partial charge in [-0.3, -0.25) is 4.79 Å². The van der Waals surface area contributed by atoms with Crippen LogP contribution in [0.5, 0.6) is 0 Å². The van der Waals surface area contributed by atoms with E-state index in [0.29, 0.717) is 13.0 Å². The summed E-state index contributed by atoms with van der Waals surface area (Å²) >= 11 is 0. The second-order valence-electron chi connectivity index (χ2n) is 5.29. The predicted octanol–water partition coefficient (Wildman–Crippen LogP) is 3.73. The minimum absolute atomic E-state index is 0.142. The lowest BCUT2D eigenvalue weighted by atomic mass is 9.98. The van der Waals surface area contributed by atoms with Crippen LogP contribution in [-0.4, -0.2) is 12.5 Å². The summed E-state index contributed by atoms with van der Waals surface area (Å²) in [6, 6.07) is 19.6. The fourth-order valence-corrected chi connectivity index (χ4v) is 2.41. The number of benzene rings is 2. The van der Waals surface area contributed by atoms with Crippen LogP contribution < -0.4 is 4.90 Å². The molecule has 0 heterocycles. The Balaban J connectivity index is 2.17. The lowest BCUT2D eigenvalue weighted by Gasteiger charge is -2.23. The van der Waals surface area contributed by atoms with Gasteiger partial charge in [-0.2, -0.15) is 5.26 Å². The number of anilines is 1. The second kappa shape index (κ2) is 7.42. The van der Waals surface area contributed by atoms with Gasteiger partial charge in [-0.25, -0.2) is 0 Å². The summed E-state index contributed by atoms with van der Waals surface area (Å²) in [5, 5.41) is 9.41. The molecule has 1 amide bonds. The van der Waals surface area contributed by atoms with Crippen molar-refractivity contribution in [1.29, 1.82) is 5.26 Å². The molecule has 2 rings (SSSR count). The highest BCUT2D eigenvalue weighted by molar-refractivity contribution is 5.96. The number of para-hydroxylation sites is 1. The van der Waals surface area contributed by atoms with Crippen LogP contribution in [0.15, 0.2) is 54.6 Å². The summed E-state index contributed by atoms with van der Waals surface area (Å²) in [5.41, 5.74) is 3.01. The number of carbonyl (C=O) groups is 1. The Morgan fingerprint density at radius 3 is 2.32 bits per heavy atom. The summed E-state index contributed by atoms with van der Waals surface area (Å²) in [7, 11) is 0. The van der Waals surface area contributed by atoms with Crippen LogP contribution in [0.4, 0.5) is 5.69 Å². The van der Waals surface area contributed by atoms with Gasteiger partial charge in [0.15, 0.2) is 0 Å². The Morgan fingerprint density at radius 1 is 1.14 bits per heavy atom. The lowest BCUT2D eigenvalue weighted by Crippen LogP contribution is -2.36. The quantitative estimate of drug-likeness (QED) is 0.842. The third kappa shape index (κ3) is 3.73. The molecule has 0 saturated carbocycles. The smallest absolute Gasteiger partial charge is 0.244 e. The van der Waals surface area contributed by atoms with Crippen LogP contribution in [0, 0.1) is 24.2 Å². The first-order valence-corrected chi connectivity index (χ1v) is 7.47. The fourth-order valence-electron chi connectivity index (χ4n) is 2.41. The molecule has 0 radical (unpaired) electrons. The van der Waals surface area contributed by atoms with Crippen LogP contribution in [0.3, 0.4) is 0 Å². The summed E-state index contributed by atoms with van der Waals surface area (Å²) in [6.45, 7) is 4.49. The molecule has 3 heteroatoms. The van der Waals surface area contributed by atoms with Crippen molar-refractivity contribution in [1.82, 2.24) is 0 Å². The molecule has 0 fully saturated rings. The van der Waals surface area contributed by atoms with Gasteiger partial charge in [-0.15, -0.1) is 0 Å². The van der Waals surface area contributed by atoms with E-state index in [4.69, 9.17) is 0 Å². The van der Waals surface area contributed by atoms with Crippen LogP contribution in [0.25, 0.3) is 0 Å². The minimum atomic E-state index is -0.664. The molecule has 0 aliphatic heterocycles. The number of nitriles is 1. The molecular weight excluding hydrogens is 272 g/mol. The Kier molecular flexibility index (Phi) is 5.32. The van der Waals surface area contributed by atoms with Crippen molar-refractivity contribution in [3.05, 3.63) is 65.7 Å². The van der Waals surface area contributed by atoms with Crippen LogP contribution >= 0.6 is 0 Å². The zero-order valence-electron chi connectivity index (χ0n) is 13.0. The maximum absolute atomic E-state index is 12.7. The minimum Gasteiger partial charge on any atom is -0.312 e. The largest absolute Gasteiger partial charge is 0.312 e. The highest BCUT2D eigenvalue weighted by Gasteiger charge is 2.24. The van der Waals surface area contributed by atoms with Crippen molar-refractivity contribution >= 4 is 11.6 Å². The third-order valence-corrected chi connectivity index (χ3v) is 3.66. The summed E-state index contributed by atoms with van der Waals surface area (Å²) < 4.78 is 0. The number of aryl methyl sites for hydroxylation is 1. The molecule has 0 spiro atoms. The topological polar surface area (TPSA) is 44.1 Å². The van der Waals surface area contributed by atoms with E-state index in [1.165, 1.54) is 5.56 Å². The monoisotopic (exact) mass is 292 g/mol. The van der Waals surface area contributed by atoms with Gasteiger partial charge in [0.25, 0.3) is 0 Å². The maximum Gasteiger partial charge on any atom is 0.244 e. The lowest BCUT2D eigenvalue weighted by molar-refractivity contribution is -0.120.